The summed E-state index contributed by atoms with van der Waals surface area (Å²) in [4.78, 5) is 21.4. The maximum Gasteiger partial charge on any atom is 0.416 e. The predicted octanol–water partition coefficient (Wildman–Crippen LogP) is 6.08. The molecule has 0 aliphatic carbocycles. The molecule has 0 N–H and O–H groups in total. The zero-order chi connectivity index (χ0) is 25.8. The Hall–Kier alpha value is -3.72. The fourth-order valence-corrected chi connectivity index (χ4v) is 5.13. The molecule has 2 heterocycles. The summed E-state index contributed by atoms with van der Waals surface area (Å²) >= 11 is 1.31. The molecule has 1 amide bonds. The minimum absolute atomic E-state index is 0.307. The van der Waals surface area contributed by atoms with Crippen LogP contribution < -0.4 is 9.64 Å². The number of carbonyl (C=O) groups excluding carboxylic acids is 1. The molecule has 37 heavy (non-hydrogen) atoms. The van der Waals surface area contributed by atoms with Crippen LogP contribution in [0.3, 0.4) is 0 Å². The number of nitrogens with zero attached hydrogens (tertiary/aromatic N) is 3. The van der Waals surface area contributed by atoms with Crippen LogP contribution in [0.15, 0.2) is 88.8 Å². The van der Waals surface area contributed by atoms with E-state index in [-0.39, 0.29) is 5.91 Å². The molecule has 3 aromatic rings. The van der Waals surface area contributed by atoms with Crippen LogP contribution in [-0.2, 0) is 17.6 Å². The van der Waals surface area contributed by atoms with Crippen LogP contribution in [0.25, 0.3) is 6.08 Å². The number of aliphatic imine (C=N–C) groups is 1. The Balaban J connectivity index is 1.22. The summed E-state index contributed by atoms with van der Waals surface area (Å²) in [5, 5.41) is 0.614. The summed E-state index contributed by atoms with van der Waals surface area (Å²) in [6.45, 7) is 2.59. The normalized spacial score (nSPS) is 17.3. The van der Waals surface area contributed by atoms with Gasteiger partial charge in [-0.15, -0.1) is 0 Å². The first kappa shape index (κ1) is 25.0. The number of carbonyl (C=O) groups is 1. The Morgan fingerprint density at radius 1 is 0.892 bits per heavy atom. The molecule has 0 spiro atoms. The second-order valence-electron chi connectivity index (χ2n) is 8.64. The highest BCUT2D eigenvalue weighted by molar-refractivity contribution is 8.18. The van der Waals surface area contributed by atoms with Crippen LogP contribution in [0.2, 0.25) is 0 Å². The van der Waals surface area contributed by atoms with E-state index in [1.165, 1.54) is 23.9 Å². The molecule has 0 bridgehead atoms. The lowest BCUT2D eigenvalue weighted by Crippen LogP contribution is -2.47. The van der Waals surface area contributed by atoms with Gasteiger partial charge in [0.25, 0.3) is 5.91 Å². The number of piperazine rings is 1. The highest BCUT2D eigenvalue weighted by Crippen LogP contribution is 2.34. The average Bonchev–Trinajstić information content (AvgIpc) is 3.28. The molecular weight excluding hydrogens is 499 g/mol. The number of amidine groups is 1. The highest BCUT2D eigenvalue weighted by atomic mass is 32.2. The van der Waals surface area contributed by atoms with Gasteiger partial charge in [0.15, 0.2) is 5.17 Å². The molecule has 0 unspecified atom stereocenters. The van der Waals surface area contributed by atoms with Crippen molar-refractivity contribution in [2.75, 3.05) is 31.1 Å². The first-order valence-electron chi connectivity index (χ1n) is 11.8. The quantitative estimate of drug-likeness (QED) is 0.380. The first-order valence-corrected chi connectivity index (χ1v) is 12.6. The SMILES string of the molecule is O=C1N=C(N2CCN(c3cccc(C(F)(F)F)c3)CC2)S/C1=C/c1ccccc1OCc1ccccc1. The van der Waals surface area contributed by atoms with Crippen LogP contribution in [0.1, 0.15) is 16.7 Å². The third kappa shape index (κ3) is 5.99. The zero-order valence-electron chi connectivity index (χ0n) is 19.8. The molecule has 1 fully saturated rings. The van der Waals surface area contributed by atoms with Gasteiger partial charge in [0.05, 0.1) is 10.5 Å². The molecule has 0 saturated carbocycles. The van der Waals surface area contributed by atoms with Crippen molar-refractivity contribution in [2.24, 2.45) is 4.99 Å². The summed E-state index contributed by atoms with van der Waals surface area (Å²) in [6, 6.07) is 22.8. The van der Waals surface area contributed by atoms with Crippen molar-refractivity contribution >= 4 is 34.6 Å². The number of rotatable bonds is 5. The number of hydrogen-bond acceptors (Lipinski definition) is 5. The molecule has 190 valence electrons. The Labute approximate surface area is 217 Å². The van der Waals surface area contributed by atoms with E-state index in [1.807, 2.05) is 64.4 Å². The van der Waals surface area contributed by atoms with Gasteiger partial charge < -0.3 is 14.5 Å². The number of para-hydroxylation sites is 1. The smallest absolute Gasteiger partial charge is 0.416 e. The summed E-state index contributed by atoms with van der Waals surface area (Å²) < 4.78 is 45.3. The van der Waals surface area contributed by atoms with Crippen molar-refractivity contribution in [1.82, 2.24) is 4.90 Å². The maximum atomic E-state index is 13.1. The predicted molar refractivity (Wildman–Crippen MR) is 140 cm³/mol. The molecule has 3 aromatic carbocycles. The number of ether oxygens (including phenoxy) is 1. The average molecular weight is 524 g/mol. The summed E-state index contributed by atoms with van der Waals surface area (Å²) in [5.74, 6) is 0.369. The molecule has 0 radical (unpaired) electrons. The van der Waals surface area contributed by atoms with Crippen molar-refractivity contribution in [3.05, 3.63) is 100 Å². The van der Waals surface area contributed by atoms with Gasteiger partial charge in [-0.3, -0.25) is 4.79 Å². The highest BCUT2D eigenvalue weighted by Gasteiger charge is 2.32. The van der Waals surface area contributed by atoms with Crippen molar-refractivity contribution in [3.8, 4) is 5.75 Å². The van der Waals surface area contributed by atoms with Gasteiger partial charge >= 0.3 is 6.18 Å². The summed E-state index contributed by atoms with van der Waals surface area (Å²) in [5.41, 5.74) is 1.72. The van der Waals surface area contributed by atoms with Gasteiger partial charge in [0.1, 0.15) is 12.4 Å². The van der Waals surface area contributed by atoms with Crippen LogP contribution >= 0.6 is 11.8 Å². The molecule has 5 rings (SSSR count). The number of hydrogen-bond donors (Lipinski definition) is 0. The lowest BCUT2D eigenvalue weighted by atomic mass is 10.1. The molecule has 1 saturated heterocycles. The van der Waals surface area contributed by atoms with E-state index in [1.54, 1.807) is 12.1 Å². The maximum absolute atomic E-state index is 13.1. The molecule has 5 nitrogen and oxygen atoms in total. The lowest BCUT2D eigenvalue weighted by molar-refractivity contribution is -0.137. The zero-order valence-corrected chi connectivity index (χ0v) is 20.6. The summed E-state index contributed by atoms with van der Waals surface area (Å²) in [7, 11) is 0. The van der Waals surface area contributed by atoms with Crippen LogP contribution in [-0.4, -0.2) is 42.2 Å². The molecule has 2 aliphatic rings. The molecule has 0 aromatic heterocycles. The van der Waals surface area contributed by atoms with Crippen molar-refractivity contribution in [2.45, 2.75) is 12.8 Å². The van der Waals surface area contributed by atoms with Gasteiger partial charge in [0.2, 0.25) is 0 Å². The van der Waals surface area contributed by atoms with Gasteiger partial charge in [-0.05, 0) is 47.7 Å². The van der Waals surface area contributed by atoms with Crippen LogP contribution in [0, 0.1) is 0 Å². The number of thioether (sulfide) groups is 1. The van der Waals surface area contributed by atoms with E-state index >= 15 is 0 Å². The third-order valence-corrected chi connectivity index (χ3v) is 7.19. The number of alkyl halides is 3. The largest absolute Gasteiger partial charge is 0.488 e. The number of halogens is 3. The Morgan fingerprint density at radius 2 is 1.59 bits per heavy atom. The van der Waals surface area contributed by atoms with E-state index in [4.69, 9.17) is 4.74 Å². The lowest BCUT2D eigenvalue weighted by Gasteiger charge is -2.36. The first-order chi connectivity index (χ1) is 17.9. The van der Waals surface area contributed by atoms with Gasteiger partial charge in [-0.25, -0.2) is 0 Å². The fourth-order valence-electron chi connectivity index (χ4n) is 4.18. The van der Waals surface area contributed by atoms with Crippen LogP contribution in [0.5, 0.6) is 5.75 Å². The Morgan fingerprint density at radius 3 is 2.35 bits per heavy atom. The van der Waals surface area contributed by atoms with Crippen LogP contribution in [0.4, 0.5) is 18.9 Å². The Kier molecular flexibility index (Phi) is 7.23. The standard InChI is InChI=1S/C28H24F3N3O2S/c29-28(30,31)22-10-6-11-23(18-22)33-13-15-34(16-14-33)27-32-26(35)25(37-27)17-21-9-4-5-12-24(21)36-19-20-7-2-1-3-8-20/h1-12,17-18H,13-16,19H2/b25-17+. The topological polar surface area (TPSA) is 45.1 Å². The minimum Gasteiger partial charge on any atom is -0.488 e. The Bertz CT molecular complexity index is 1330. The van der Waals surface area contributed by atoms with E-state index < -0.39 is 11.7 Å². The van der Waals surface area contributed by atoms with Crippen molar-refractivity contribution < 1.29 is 22.7 Å². The number of benzene rings is 3. The molecular formula is C28H24F3N3O2S. The van der Waals surface area contributed by atoms with Gasteiger partial charge in [-0.1, -0.05) is 54.6 Å². The van der Waals surface area contributed by atoms with Gasteiger partial charge in [-0.2, -0.15) is 18.2 Å². The second-order valence-corrected chi connectivity index (χ2v) is 9.65. The van der Waals surface area contributed by atoms with Crippen molar-refractivity contribution in [1.29, 1.82) is 0 Å². The number of anilines is 1. The molecule has 0 atom stereocenters. The fraction of sp³-hybridized carbons (Fsp3) is 0.214. The van der Waals surface area contributed by atoms with Crippen molar-refractivity contribution in [3.63, 3.8) is 0 Å². The molecule has 9 heteroatoms. The third-order valence-electron chi connectivity index (χ3n) is 6.14. The van der Waals surface area contributed by atoms with E-state index in [0.29, 0.717) is 54.3 Å². The van der Waals surface area contributed by atoms with E-state index in [2.05, 4.69) is 4.99 Å². The summed E-state index contributed by atoms with van der Waals surface area (Å²) in [6.07, 6.45) is -2.58. The van der Waals surface area contributed by atoms with E-state index in [9.17, 15) is 18.0 Å². The minimum atomic E-state index is -4.37. The second kappa shape index (κ2) is 10.7. The van der Waals surface area contributed by atoms with Gasteiger partial charge in [0, 0.05) is 37.4 Å². The monoisotopic (exact) mass is 523 g/mol. The van der Waals surface area contributed by atoms with E-state index in [0.717, 1.165) is 17.2 Å². The molecule has 2 aliphatic heterocycles. The number of amides is 1.